The minimum Gasteiger partial charge on any atom is -0.748 e. The van der Waals surface area contributed by atoms with Crippen LogP contribution >= 0.6 is 0 Å². The minimum absolute atomic E-state index is 0.195. The highest BCUT2D eigenvalue weighted by Crippen LogP contribution is 2.05. The lowest BCUT2D eigenvalue weighted by atomic mass is 10.1. The zero-order chi connectivity index (χ0) is 16.8. The van der Waals surface area contributed by atoms with E-state index in [1.165, 1.54) is 32.2 Å². The van der Waals surface area contributed by atoms with Crippen molar-refractivity contribution in [3.8, 4) is 0 Å². The maximum absolute atomic E-state index is 10.2. The monoisotopic (exact) mass is 334 g/mol. The molecule has 0 amide bonds. The molecule has 0 bridgehead atoms. The average molecular weight is 335 g/mol. The molecular weight excluding hydrogens is 300 g/mol. The third kappa shape index (κ3) is 14.4. The molecule has 0 radical (unpaired) electrons. The molecule has 0 saturated carbocycles. The van der Waals surface area contributed by atoms with Crippen molar-refractivity contribution in [1.82, 2.24) is 4.90 Å². The van der Waals surface area contributed by atoms with Gasteiger partial charge in [-0.05, 0) is 12.8 Å². The van der Waals surface area contributed by atoms with Gasteiger partial charge in [0.2, 0.25) is 0 Å². The van der Waals surface area contributed by atoms with E-state index in [4.69, 9.17) is 0 Å². The maximum atomic E-state index is 10.2. The van der Waals surface area contributed by atoms with Gasteiger partial charge >= 0.3 is 0 Å². The van der Waals surface area contributed by atoms with Crippen molar-refractivity contribution in [3.05, 3.63) is 12.4 Å². The fourth-order valence-corrected chi connectivity index (χ4v) is 2.84. The van der Waals surface area contributed by atoms with Gasteiger partial charge in [0.1, 0.15) is 6.20 Å². The normalized spacial score (nSPS) is 17.5. The fourth-order valence-electron chi connectivity index (χ4n) is 2.28. The summed E-state index contributed by atoms with van der Waals surface area (Å²) in [6.07, 6.45) is 13.0. The Morgan fingerprint density at radius 2 is 1.64 bits per heavy atom. The Labute approximate surface area is 137 Å². The SMILES string of the molecule is CCCCCCCCS(=O)(=O)[O-].CCCC[NH+]1C=CN(C)C1. The Bertz CT molecular complexity index is 383. The standard InChI is InChI=1S/C8H16N2.C8H18O3S/c1-3-4-5-10-7-6-9(2)8-10;1-2-3-4-5-6-7-8-12(9,10)11/h6-7H,3-5,8H2,1-2H3;2-8H2,1H3,(H,9,10,11). The molecule has 1 atom stereocenters. The molecule has 0 spiro atoms. The highest BCUT2D eigenvalue weighted by Gasteiger charge is 2.11. The molecule has 132 valence electrons. The molecule has 1 N–H and O–H groups in total. The zero-order valence-electron chi connectivity index (χ0n) is 14.5. The second-order valence-electron chi connectivity index (χ2n) is 6.02. The van der Waals surface area contributed by atoms with Crippen molar-refractivity contribution >= 4 is 10.1 Å². The average Bonchev–Trinajstić information content (AvgIpc) is 2.86. The minimum atomic E-state index is -3.97. The van der Waals surface area contributed by atoms with Crippen LogP contribution in [0.15, 0.2) is 12.4 Å². The maximum Gasteiger partial charge on any atom is 0.156 e. The number of rotatable bonds is 10. The van der Waals surface area contributed by atoms with Crippen molar-refractivity contribution in [2.24, 2.45) is 0 Å². The summed E-state index contributed by atoms with van der Waals surface area (Å²) in [5.74, 6) is -0.195. The lowest BCUT2D eigenvalue weighted by Gasteiger charge is -2.11. The van der Waals surface area contributed by atoms with Gasteiger partial charge in [-0.1, -0.05) is 52.4 Å². The molecule has 6 heteroatoms. The number of hydrogen-bond acceptors (Lipinski definition) is 4. The van der Waals surface area contributed by atoms with Crippen LogP contribution in [0.4, 0.5) is 0 Å². The Hall–Kier alpha value is -0.590. The van der Waals surface area contributed by atoms with E-state index < -0.39 is 10.1 Å². The van der Waals surface area contributed by atoms with Gasteiger partial charge in [-0.25, -0.2) is 8.42 Å². The van der Waals surface area contributed by atoms with E-state index in [0.717, 1.165) is 25.9 Å². The molecule has 1 aliphatic rings. The Morgan fingerprint density at radius 3 is 2.14 bits per heavy atom. The van der Waals surface area contributed by atoms with Crippen LogP contribution < -0.4 is 4.90 Å². The predicted octanol–water partition coefficient (Wildman–Crippen LogP) is 1.94. The molecule has 1 aliphatic heterocycles. The first kappa shape index (κ1) is 21.4. The third-order valence-corrected chi connectivity index (χ3v) is 4.41. The molecule has 0 saturated heterocycles. The van der Waals surface area contributed by atoms with Crippen LogP contribution in [0, 0.1) is 0 Å². The summed E-state index contributed by atoms with van der Waals surface area (Å²) in [5.41, 5.74) is 0. The van der Waals surface area contributed by atoms with Crippen LogP contribution in [0.5, 0.6) is 0 Å². The van der Waals surface area contributed by atoms with Gasteiger partial charge in [-0.15, -0.1) is 0 Å². The summed E-state index contributed by atoms with van der Waals surface area (Å²) in [7, 11) is -1.85. The Morgan fingerprint density at radius 1 is 1.05 bits per heavy atom. The van der Waals surface area contributed by atoms with Gasteiger partial charge in [0, 0.05) is 12.8 Å². The zero-order valence-corrected chi connectivity index (χ0v) is 15.3. The molecule has 22 heavy (non-hydrogen) atoms. The van der Waals surface area contributed by atoms with Crippen LogP contribution in [-0.4, -0.2) is 43.9 Å². The van der Waals surface area contributed by atoms with Gasteiger partial charge in [-0.3, -0.25) is 4.90 Å². The molecular formula is C16H34N2O3S. The summed E-state index contributed by atoms with van der Waals surface area (Å²) in [4.78, 5) is 3.81. The summed E-state index contributed by atoms with van der Waals surface area (Å²) in [5, 5.41) is 0. The van der Waals surface area contributed by atoms with Gasteiger partial charge in [0.25, 0.3) is 0 Å². The van der Waals surface area contributed by atoms with E-state index in [1.54, 1.807) is 4.90 Å². The van der Waals surface area contributed by atoms with Crippen LogP contribution in [0.3, 0.4) is 0 Å². The molecule has 1 heterocycles. The first-order valence-corrected chi connectivity index (χ1v) is 10.1. The molecule has 0 aromatic carbocycles. The molecule has 0 fully saturated rings. The highest BCUT2D eigenvalue weighted by atomic mass is 32.2. The quantitative estimate of drug-likeness (QED) is 0.490. The van der Waals surface area contributed by atoms with Crippen LogP contribution in [0.25, 0.3) is 0 Å². The molecule has 0 aromatic heterocycles. The van der Waals surface area contributed by atoms with E-state index in [9.17, 15) is 13.0 Å². The van der Waals surface area contributed by atoms with Gasteiger partial charge < -0.3 is 9.45 Å². The molecule has 0 aliphatic carbocycles. The number of quaternary nitrogens is 1. The van der Waals surface area contributed by atoms with Crippen molar-refractivity contribution in [2.75, 3.05) is 26.0 Å². The van der Waals surface area contributed by atoms with Crippen molar-refractivity contribution in [2.45, 2.75) is 65.2 Å². The van der Waals surface area contributed by atoms with Gasteiger partial charge in [-0.2, -0.15) is 0 Å². The molecule has 5 nitrogen and oxygen atoms in total. The summed E-state index contributed by atoms with van der Waals surface area (Å²) in [6, 6.07) is 0. The summed E-state index contributed by atoms with van der Waals surface area (Å²) < 4.78 is 30.5. The van der Waals surface area contributed by atoms with Crippen LogP contribution in [0.1, 0.15) is 65.2 Å². The molecule has 1 rings (SSSR count). The second-order valence-corrected chi connectivity index (χ2v) is 7.55. The first-order chi connectivity index (χ1) is 10.4. The lowest BCUT2D eigenvalue weighted by molar-refractivity contribution is -0.848. The summed E-state index contributed by atoms with van der Waals surface area (Å²) in [6.45, 7) is 6.81. The van der Waals surface area contributed by atoms with E-state index in [0.29, 0.717) is 6.42 Å². The summed E-state index contributed by atoms with van der Waals surface area (Å²) >= 11 is 0. The van der Waals surface area contributed by atoms with E-state index >= 15 is 0 Å². The van der Waals surface area contributed by atoms with E-state index in [2.05, 4.69) is 38.2 Å². The molecule has 1 unspecified atom stereocenters. The van der Waals surface area contributed by atoms with Crippen molar-refractivity contribution < 1.29 is 17.9 Å². The van der Waals surface area contributed by atoms with Gasteiger partial charge in [0.15, 0.2) is 6.67 Å². The van der Waals surface area contributed by atoms with Crippen LogP contribution in [-0.2, 0) is 10.1 Å². The second kappa shape index (κ2) is 12.9. The Balaban J connectivity index is 0.000000406. The van der Waals surface area contributed by atoms with Gasteiger partial charge in [0.05, 0.1) is 22.9 Å². The number of nitrogens with one attached hydrogen (secondary N) is 1. The topological polar surface area (TPSA) is 64.9 Å². The largest absolute Gasteiger partial charge is 0.748 e. The van der Waals surface area contributed by atoms with Crippen LogP contribution in [0.2, 0.25) is 0 Å². The molecule has 0 aromatic rings. The first-order valence-electron chi connectivity index (χ1n) is 8.55. The van der Waals surface area contributed by atoms with Crippen molar-refractivity contribution in [3.63, 3.8) is 0 Å². The fraction of sp³-hybridized carbons (Fsp3) is 0.875. The highest BCUT2D eigenvalue weighted by molar-refractivity contribution is 7.85. The smallest absolute Gasteiger partial charge is 0.156 e. The van der Waals surface area contributed by atoms with E-state index in [-0.39, 0.29) is 5.75 Å². The third-order valence-electron chi connectivity index (χ3n) is 3.62. The number of nitrogens with zero attached hydrogens (tertiary/aromatic N) is 1. The predicted molar refractivity (Wildman–Crippen MR) is 90.4 cm³/mol. The number of hydrogen-bond donors (Lipinski definition) is 1. The van der Waals surface area contributed by atoms with Crippen molar-refractivity contribution in [1.29, 1.82) is 0 Å². The number of unbranched alkanes of at least 4 members (excludes halogenated alkanes) is 6. The Kier molecular flexibility index (Phi) is 12.6. The lowest BCUT2D eigenvalue weighted by Crippen LogP contribution is -3.07. The van der Waals surface area contributed by atoms with E-state index in [1.807, 2.05) is 0 Å².